The second-order valence-corrected chi connectivity index (χ2v) is 6.08. The fraction of sp³-hybridized carbons (Fsp3) is 0. The molecule has 2 N–H and O–H groups in total. The molecule has 0 bridgehead atoms. The summed E-state index contributed by atoms with van der Waals surface area (Å²) in [4.78, 5) is 32.9. The van der Waals surface area contributed by atoms with E-state index in [0.717, 1.165) is 0 Å². The number of anilines is 2. The van der Waals surface area contributed by atoms with Crippen molar-refractivity contribution in [2.24, 2.45) is 0 Å². The average molecular weight is 384 g/mol. The minimum absolute atomic E-state index is 0.255. The van der Waals surface area contributed by atoms with E-state index < -0.39 is 0 Å². The number of carbonyl (C=O) groups is 2. The lowest BCUT2D eigenvalue weighted by Crippen LogP contribution is -2.14. The summed E-state index contributed by atoms with van der Waals surface area (Å²) < 4.78 is 1.61. The highest BCUT2D eigenvalue weighted by atomic mass is 16.2. The molecule has 8 nitrogen and oxygen atoms in total. The van der Waals surface area contributed by atoms with Crippen molar-refractivity contribution >= 4 is 23.2 Å². The number of benzene rings is 1. The van der Waals surface area contributed by atoms with Gasteiger partial charge in [0.15, 0.2) is 5.82 Å². The van der Waals surface area contributed by atoms with E-state index in [9.17, 15) is 9.59 Å². The van der Waals surface area contributed by atoms with Gasteiger partial charge < -0.3 is 10.6 Å². The third-order valence-corrected chi connectivity index (χ3v) is 4.07. The van der Waals surface area contributed by atoms with Crippen LogP contribution in [0, 0.1) is 0 Å². The van der Waals surface area contributed by atoms with Gasteiger partial charge in [0.2, 0.25) is 0 Å². The van der Waals surface area contributed by atoms with Crippen LogP contribution in [0.25, 0.3) is 5.82 Å². The van der Waals surface area contributed by atoms with Crippen molar-refractivity contribution in [3.63, 3.8) is 0 Å². The number of carbonyl (C=O) groups excluding carboxylic acids is 2. The molecule has 0 radical (unpaired) electrons. The van der Waals surface area contributed by atoms with Crippen LogP contribution >= 0.6 is 0 Å². The molecule has 0 fully saturated rings. The molecule has 0 aliphatic rings. The van der Waals surface area contributed by atoms with Crippen molar-refractivity contribution < 1.29 is 9.59 Å². The molecule has 0 aliphatic heterocycles. The van der Waals surface area contributed by atoms with Gasteiger partial charge in [-0.3, -0.25) is 14.6 Å². The molecule has 4 rings (SSSR count). The lowest BCUT2D eigenvalue weighted by atomic mass is 10.2. The topological polar surface area (TPSA) is 102 Å². The molecule has 3 heterocycles. The SMILES string of the molecule is O=C(Nc1cccc(NC(=O)c2ccc(-n3cccn3)nc2)c1)c1ccncc1. The van der Waals surface area contributed by atoms with Gasteiger partial charge in [-0.25, -0.2) is 9.67 Å². The highest BCUT2D eigenvalue weighted by Crippen LogP contribution is 2.17. The van der Waals surface area contributed by atoms with Gasteiger partial charge >= 0.3 is 0 Å². The largest absolute Gasteiger partial charge is 0.322 e. The Hall–Kier alpha value is -4.33. The van der Waals surface area contributed by atoms with E-state index in [1.807, 2.05) is 0 Å². The van der Waals surface area contributed by atoms with Crippen LogP contribution in [0.15, 0.2) is 85.6 Å². The van der Waals surface area contributed by atoms with Gasteiger partial charge in [-0.15, -0.1) is 0 Å². The van der Waals surface area contributed by atoms with Crippen molar-refractivity contribution in [1.29, 1.82) is 0 Å². The standard InChI is InChI=1S/C21H16N6O2/c28-20(15-7-10-22-11-8-15)25-17-3-1-4-18(13-17)26-21(29)16-5-6-19(23-14-16)27-12-2-9-24-27/h1-14H,(H,25,28)(H,26,29). The summed E-state index contributed by atoms with van der Waals surface area (Å²) >= 11 is 0. The molecule has 0 unspecified atom stereocenters. The Labute approximate surface area is 166 Å². The zero-order valence-electron chi connectivity index (χ0n) is 15.2. The Bertz CT molecular complexity index is 1130. The first-order chi connectivity index (χ1) is 14.2. The molecule has 0 saturated heterocycles. The van der Waals surface area contributed by atoms with E-state index in [2.05, 4.69) is 25.7 Å². The van der Waals surface area contributed by atoms with E-state index in [1.165, 1.54) is 6.20 Å². The van der Waals surface area contributed by atoms with Crippen LogP contribution in [-0.4, -0.2) is 31.6 Å². The monoisotopic (exact) mass is 384 g/mol. The number of nitrogens with zero attached hydrogens (tertiary/aromatic N) is 4. The zero-order valence-corrected chi connectivity index (χ0v) is 15.2. The number of hydrogen-bond acceptors (Lipinski definition) is 5. The predicted molar refractivity (Wildman–Crippen MR) is 108 cm³/mol. The van der Waals surface area contributed by atoms with Crippen LogP contribution in [0.5, 0.6) is 0 Å². The molecule has 142 valence electrons. The summed E-state index contributed by atoms with van der Waals surface area (Å²) in [7, 11) is 0. The van der Waals surface area contributed by atoms with Crippen molar-refractivity contribution in [2.45, 2.75) is 0 Å². The fourth-order valence-corrected chi connectivity index (χ4v) is 2.64. The van der Waals surface area contributed by atoms with E-state index in [0.29, 0.717) is 28.3 Å². The number of aromatic nitrogens is 4. The number of rotatable bonds is 5. The van der Waals surface area contributed by atoms with Crippen LogP contribution in [0.3, 0.4) is 0 Å². The summed E-state index contributed by atoms with van der Waals surface area (Å²) in [5.74, 6) is 0.0591. The molecule has 4 aromatic rings. The summed E-state index contributed by atoms with van der Waals surface area (Å²) in [5, 5.41) is 9.70. The van der Waals surface area contributed by atoms with Crippen molar-refractivity contribution in [2.75, 3.05) is 10.6 Å². The minimum atomic E-state index is -0.304. The summed E-state index contributed by atoms with van der Waals surface area (Å²) in [5.41, 5.74) is 2.03. The van der Waals surface area contributed by atoms with Crippen molar-refractivity contribution in [1.82, 2.24) is 19.7 Å². The quantitative estimate of drug-likeness (QED) is 0.550. The number of hydrogen-bond donors (Lipinski definition) is 2. The Morgan fingerprint density at radius 2 is 1.52 bits per heavy atom. The summed E-state index contributed by atoms with van der Waals surface area (Å²) in [6.45, 7) is 0. The molecular weight excluding hydrogens is 368 g/mol. The van der Waals surface area contributed by atoms with Gasteiger partial charge in [0, 0.05) is 47.9 Å². The smallest absolute Gasteiger partial charge is 0.257 e. The van der Waals surface area contributed by atoms with Gasteiger partial charge in [-0.1, -0.05) is 6.07 Å². The third kappa shape index (κ3) is 4.33. The second-order valence-electron chi connectivity index (χ2n) is 6.08. The molecule has 0 atom stereocenters. The van der Waals surface area contributed by atoms with E-state index in [-0.39, 0.29) is 11.8 Å². The van der Waals surface area contributed by atoms with Gasteiger partial charge in [0.25, 0.3) is 11.8 Å². The Morgan fingerprint density at radius 3 is 2.14 bits per heavy atom. The molecule has 0 spiro atoms. The third-order valence-electron chi connectivity index (χ3n) is 4.07. The molecule has 8 heteroatoms. The molecule has 2 amide bonds. The minimum Gasteiger partial charge on any atom is -0.322 e. The molecule has 29 heavy (non-hydrogen) atoms. The van der Waals surface area contributed by atoms with Crippen LogP contribution in [-0.2, 0) is 0 Å². The lowest BCUT2D eigenvalue weighted by Gasteiger charge is -2.09. The molecule has 3 aromatic heterocycles. The maximum absolute atomic E-state index is 12.5. The van der Waals surface area contributed by atoms with Gasteiger partial charge in [0.05, 0.1) is 5.56 Å². The normalized spacial score (nSPS) is 10.3. The predicted octanol–water partition coefficient (Wildman–Crippen LogP) is 3.17. The van der Waals surface area contributed by atoms with Crippen molar-refractivity contribution in [3.05, 3.63) is 96.7 Å². The molecule has 0 saturated carbocycles. The first kappa shape index (κ1) is 18.1. The van der Waals surface area contributed by atoms with Crippen LogP contribution in [0.4, 0.5) is 11.4 Å². The van der Waals surface area contributed by atoms with Gasteiger partial charge in [0.1, 0.15) is 0 Å². The molecule has 1 aromatic carbocycles. The Balaban J connectivity index is 1.43. The number of pyridine rings is 2. The maximum Gasteiger partial charge on any atom is 0.257 e. The molecular formula is C21H16N6O2. The highest BCUT2D eigenvalue weighted by molar-refractivity contribution is 6.06. The molecule has 0 aliphatic carbocycles. The van der Waals surface area contributed by atoms with E-state index in [1.54, 1.807) is 84.1 Å². The first-order valence-electron chi connectivity index (χ1n) is 8.78. The van der Waals surface area contributed by atoms with Crippen LogP contribution in [0.1, 0.15) is 20.7 Å². The fourth-order valence-electron chi connectivity index (χ4n) is 2.64. The maximum atomic E-state index is 12.5. The zero-order chi connectivity index (χ0) is 20.1. The Kier molecular flexibility index (Phi) is 5.06. The van der Waals surface area contributed by atoms with Gasteiger partial charge in [-0.2, -0.15) is 5.10 Å². The highest BCUT2D eigenvalue weighted by Gasteiger charge is 2.09. The van der Waals surface area contributed by atoms with Crippen LogP contribution < -0.4 is 10.6 Å². The first-order valence-corrected chi connectivity index (χ1v) is 8.78. The summed E-state index contributed by atoms with van der Waals surface area (Å²) in [6.07, 6.45) is 8.02. The average Bonchev–Trinajstić information content (AvgIpc) is 3.30. The van der Waals surface area contributed by atoms with E-state index in [4.69, 9.17) is 0 Å². The second kappa shape index (κ2) is 8.13. The van der Waals surface area contributed by atoms with Gasteiger partial charge in [-0.05, 0) is 48.5 Å². The number of amides is 2. The lowest BCUT2D eigenvalue weighted by molar-refractivity contribution is 0.101. The Morgan fingerprint density at radius 1 is 0.793 bits per heavy atom. The summed E-state index contributed by atoms with van der Waals surface area (Å²) in [6, 6.07) is 15.4. The van der Waals surface area contributed by atoms with E-state index >= 15 is 0 Å². The van der Waals surface area contributed by atoms with Crippen molar-refractivity contribution in [3.8, 4) is 5.82 Å². The number of nitrogens with one attached hydrogen (secondary N) is 2. The van der Waals surface area contributed by atoms with Crippen LogP contribution in [0.2, 0.25) is 0 Å².